The molecular weight excluding hydrogens is 283 g/mol. The maximum atomic E-state index is 10.8. The zero-order chi connectivity index (χ0) is 9.72. The molecule has 0 bridgehead atoms. The molecule has 0 heterocycles. The van der Waals surface area contributed by atoms with Gasteiger partial charge in [0, 0.05) is 23.9 Å². The summed E-state index contributed by atoms with van der Waals surface area (Å²) < 4.78 is 0. The van der Waals surface area contributed by atoms with Crippen LogP contribution < -0.4 is 0 Å². The van der Waals surface area contributed by atoms with Crippen molar-refractivity contribution in [3.8, 4) is 0 Å². The predicted octanol–water partition coefficient (Wildman–Crippen LogP) is -2.13. The summed E-state index contributed by atoms with van der Waals surface area (Å²) in [5.41, 5.74) is 0. The zero-order valence-corrected chi connectivity index (χ0v) is 10.1. The Hall–Kier alpha value is 0.0187. The molecule has 0 amide bonds. The van der Waals surface area contributed by atoms with E-state index in [0.29, 0.717) is 0 Å². The summed E-state index contributed by atoms with van der Waals surface area (Å²) in [7, 11) is 0. The van der Waals surface area contributed by atoms with E-state index in [0.717, 1.165) is 0 Å². The first-order valence-corrected chi connectivity index (χ1v) is 3.48. The topological polar surface area (TPSA) is 94.8 Å². The van der Waals surface area contributed by atoms with Gasteiger partial charge in [-0.2, -0.15) is 0 Å². The van der Waals surface area contributed by atoms with Crippen molar-refractivity contribution in [3.63, 3.8) is 0 Å². The molecule has 0 fully saturated rings. The molecule has 0 aromatic heterocycles. The molecule has 0 aliphatic carbocycles. The number of aliphatic hydroxyl groups excluding tert-OH is 3. The number of Topliss-reactive ketones (excluding diaryl/α,β-unsaturated/α-hetero) is 2. The van der Waals surface area contributed by atoms with Gasteiger partial charge < -0.3 is 15.3 Å². The van der Waals surface area contributed by atoms with Crippen molar-refractivity contribution in [1.82, 2.24) is 0 Å². The third kappa shape index (κ3) is 6.14. The SMILES string of the molecule is CC(=O)CC(=O)C(O)C(O)CO.[Sn]. The summed E-state index contributed by atoms with van der Waals surface area (Å²) in [5, 5.41) is 26.0. The first-order chi connectivity index (χ1) is 5.49. The zero-order valence-electron chi connectivity index (χ0n) is 7.23. The molecule has 4 radical (unpaired) electrons. The summed E-state index contributed by atoms with van der Waals surface area (Å²) in [6.07, 6.45) is -3.59. The quantitative estimate of drug-likeness (QED) is 0.398. The van der Waals surface area contributed by atoms with E-state index in [9.17, 15) is 9.59 Å². The van der Waals surface area contributed by atoms with Gasteiger partial charge in [-0.25, -0.2) is 0 Å². The van der Waals surface area contributed by atoms with E-state index in [1.165, 1.54) is 6.92 Å². The molecule has 0 rings (SSSR count). The predicted molar refractivity (Wildman–Crippen MR) is 45.2 cm³/mol. The second-order valence-electron chi connectivity index (χ2n) is 2.54. The number of carbonyl (C=O) groups excluding carboxylic acids is 2. The van der Waals surface area contributed by atoms with Gasteiger partial charge in [-0.3, -0.25) is 9.59 Å². The van der Waals surface area contributed by atoms with E-state index >= 15 is 0 Å². The largest absolute Gasteiger partial charge is 0.394 e. The van der Waals surface area contributed by atoms with Crippen molar-refractivity contribution in [2.24, 2.45) is 0 Å². The van der Waals surface area contributed by atoms with Crippen molar-refractivity contribution < 1.29 is 24.9 Å². The molecule has 0 aliphatic rings. The smallest absolute Gasteiger partial charge is 0.171 e. The number of carbonyl (C=O) groups is 2. The van der Waals surface area contributed by atoms with Crippen LogP contribution in [0.3, 0.4) is 0 Å². The molecule has 0 aliphatic heterocycles. The maximum absolute atomic E-state index is 10.8. The third-order valence-corrected chi connectivity index (χ3v) is 1.30. The Labute approximate surface area is 92.7 Å². The van der Waals surface area contributed by atoms with Gasteiger partial charge in [0.1, 0.15) is 18.0 Å². The van der Waals surface area contributed by atoms with Crippen molar-refractivity contribution in [2.75, 3.05) is 6.61 Å². The van der Waals surface area contributed by atoms with E-state index in [2.05, 4.69) is 0 Å². The van der Waals surface area contributed by atoms with E-state index < -0.39 is 31.0 Å². The second-order valence-corrected chi connectivity index (χ2v) is 2.54. The number of rotatable bonds is 5. The van der Waals surface area contributed by atoms with Crippen LogP contribution in [0.5, 0.6) is 0 Å². The van der Waals surface area contributed by atoms with E-state index in [4.69, 9.17) is 15.3 Å². The Morgan fingerprint density at radius 3 is 2.08 bits per heavy atom. The van der Waals surface area contributed by atoms with Crippen molar-refractivity contribution >= 4 is 35.5 Å². The standard InChI is InChI=1S/C7H12O5.Sn/c1-4(9)2-5(10)7(12)6(11)3-8;/h6-8,11-12H,2-3H2,1H3;. The van der Waals surface area contributed by atoms with Crippen molar-refractivity contribution in [3.05, 3.63) is 0 Å². The summed E-state index contributed by atoms with van der Waals surface area (Å²) >= 11 is 0. The number of ketones is 2. The number of aliphatic hydroxyl groups is 3. The number of hydrogen-bond acceptors (Lipinski definition) is 5. The average molecular weight is 295 g/mol. The minimum atomic E-state index is -1.67. The van der Waals surface area contributed by atoms with Crippen LogP contribution >= 0.6 is 0 Å². The van der Waals surface area contributed by atoms with E-state index in [1.807, 2.05) is 0 Å². The van der Waals surface area contributed by atoms with Crippen molar-refractivity contribution in [2.45, 2.75) is 25.6 Å². The van der Waals surface area contributed by atoms with Gasteiger partial charge >= 0.3 is 0 Å². The minimum Gasteiger partial charge on any atom is -0.394 e. The summed E-state index contributed by atoms with van der Waals surface area (Å²) in [6.45, 7) is 0.501. The molecule has 5 nitrogen and oxygen atoms in total. The second kappa shape index (κ2) is 7.43. The molecule has 2 atom stereocenters. The Morgan fingerprint density at radius 1 is 1.31 bits per heavy atom. The Morgan fingerprint density at radius 2 is 1.77 bits per heavy atom. The van der Waals surface area contributed by atoms with Crippen LogP contribution in [0.25, 0.3) is 0 Å². The fraction of sp³-hybridized carbons (Fsp3) is 0.714. The van der Waals surface area contributed by atoms with Crippen LogP contribution in [0.15, 0.2) is 0 Å². The van der Waals surface area contributed by atoms with Gasteiger partial charge in [0.05, 0.1) is 13.0 Å². The van der Waals surface area contributed by atoms with Gasteiger partial charge in [-0.05, 0) is 6.92 Å². The molecule has 2 unspecified atom stereocenters. The van der Waals surface area contributed by atoms with Crippen molar-refractivity contribution in [1.29, 1.82) is 0 Å². The van der Waals surface area contributed by atoms with Gasteiger partial charge in [-0.15, -0.1) is 0 Å². The third-order valence-electron chi connectivity index (χ3n) is 1.30. The molecule has 6 heteroatoms. The van der Waals surface area contributed by atoms with E-state index in [1.54, 1.807) is 0 Å². The molecule has 0 saturated carbocycles. The molecule has 3 N–H and O–H groups in total. The normalized spacial score (nSPS) is 14.2. The first kappa shape index (κ1) is 15.5. The van der Waals surface area contributed by atoms with E-state index in [-0.39, 0.29) is 29.7 Å². The fourth-order valence-electron chi connectivity index (χ4n) is 0.664. The van der Waals surface area contributed by atoms with Crippen LogP contribution in [-0.2, 0) is 9.59 Å². The average Bonchev–Trinajstić information content (AvgIpc) is 2.00. The Balaban J connectivity index is 0. The molecule has 0 saturated heterocycles. The van der Waals surface area contributed by atoms with Crippen LogP contribution in [0.2, 0.25) is 0 Å². The molecule has 0 aromatic rings. The Kier molecular flexibility index (Phi) is 8.85. The van der Waals surface area contributed by atoms with Crippen LogP contribution in [0.1, 0.15) is 13.3 Å². The maximum Gasteiger partial charge on any atom is 0.171 e. The summed E-state index contributed by atoms with van der Waals surface area (Å²) in [4.78, 5) is 21.2. The molecule has 0 aromatic carbocycles. The monoisotopic (exact) mass is 296 g/mol. The fourth-order valence-corrected chi connectivity index (χ4v) is 0.664. The van der Waals surface area contributed by atoms with Gasteiger partial charge in [0.15, 0.2) is 5.78 Å². The molecule has 0 spiro atoms. The van der Waals surface area contributed by atoms with Crippen LogP contribution in [0.4, 0.5) is 0 Å². The molecule has 74 valence electrons. The van der Waals surface area contributed by atoms with Gasteiger partial charge in [-0.1, -0.05) is 0 Å². The van der Waals surface area contributed by atoms with Crippen LogP contribution in [-0.4, -0.2) is 69.6 Å². The first-order valence-electron chi connectivity index (χ1n) is 3.48. The summed E-state index contributed by atoms with van der Waals surface area (Å²) in [5.74, 6) is -1.16. The molecule has 13 heavy (non-hydrogen) atoms. The number of hydrogen-bond donors (Lipinski definition) is 3. The molecular formula is C7H12O5Sn. The summed E-state index contributed by atoms with van der Waals surface area (Å²) in [6, 6.07) is 0. The Bertz CT molecular complexity index is 182. The van der Waals surface area contributed by atoms with Crippen LogP contribution in [0, 0.1) is 0 Å². The minimum absolute atomic E-state index is 0. The van der Waals surface area contributed by atoms with Gasteiger partial charge in [0.25, 0.3) is 0 Å². The van der Waals surface area contributed by atoms with Gasteiger partial charge in [0.2, 0.25) is 0 Å².